The lowest BCUT2D eigenvalue weighted by molar-refractivity contribution is -0.153. The van der Waals surface area contributed by atoms with Crippen LogP contribution < -0.4 is 4.74 Å². The average Bonchev–Trinajstić information content (AvgIpc) is 2.86. The van der Waals surface area contributed by atoms with Gasteiger partial charge in [-0.3, -0.25) is 4.79 Å². The number of halogens is 3. The van der Waals surface area contributed by atoms with E-state index in [1.807, 2.05) is 0 Å². The van der Waals surface area contributed by atoms with Crippen LogP contribution in [0, 0.1) is 0 Å². The third kappa shape index (κ3) is 3.37. The van der Waals surface area contributed by atoms with Crippen molar-refractivity contribution in [3.63, 3.8) is 0 Å². The molecule has 0 aliphatic rings. The topological polar surface area (TPSA) is 39.4 Å². The summed E-state index contributed by atoms with van der Waals surface area (Å²) in [4.78, 5) is 10.4. The van der Waals surface area contributed by atoms with Crippen LogP contribution in [0.5, 0.6) is 5.75 Å². The molecule has 1 heterocycles. The fraction of sp³-hybridized carbons (Fsp3) is 0.154. The quantitative estimate of drug-likeness (QED) is 0.795. The highest BCUT2D eigenvalue weighted by molar-refractivity contribution is 5.74. The summed E-state index contributed by atoms with van der Waals surface area (Å²) in [5.74, 6) is -0.537. The highest BCUT2D eigenvalue weighted by Gasteiger charge is 2.34. The maximum Gasteiger partial charge on any atom is 0.449 e. The SMILES string of the molecule is O=Cc1ccc(OCc2ccc(C(F)(F)F)o2)cc1. The standard InChI is InChI=1S/C13H9F3O3/c14-13(15,16)12-6-5-11(19-12)8-18-10-3-1-9(7-17)2-4-10/h1-7H,8H2. The van der Waals surface area contributed by atoms with E-state index in [0.29, 0.717) is 17.6 Å². The Hall–Kier alpha value is -2.24. The van der Waals surface area contributed by atoms with Crippen LogP contribution in [0.2, 0.25) is 0 Å². The van der Waals surface area contributed by atoms with E-state index >= 15 is 0 Å². The van der Waals surface area contributed by atoms with Crippen molar-refractivity contribution in [2.75, 3.05) is 0 Å². The van der Waals surface area contributed by atoms with Crippen molar-refractivity contribution in [2.45, 2.75) is 12.8 Å². The van der Waals surface area contributed by atoms with Gasteiger partial charge < -0.3 is 9.15 Å². The van der Waals surface area contributed by atoms with Gasteiger partial charge in [-0.25, -0.2) is 0 Å². The molecule has 19 heavy (non-hydrogen) atoms. The van der Waals surface area contributed by atoms with E-state index < -0.39 is 11.9 Å². The van der Waals surface area contributed by atoms with E-state index in [0.717, 1.165) is 6.07 Å². The maximum atomic E-state index is 12.3. The lowest BCUT2D eigenvalue weighted by Gasteiger charge is -2.04. The number of furan rings is 1. The summed E-state index contributed by atoms with van der Waals surface area (Å²) in [7, 11) is 0. The number of rotatable bonds is 4. The number of alkyl halides is 3. The monoisotopic (exact) mass is 270 g/mol. The second-order valence-corrected chi connectivity index (χ2v) is 3.74. The molecule has 3 nitrogen and oxygen atoms in total. The first-order valence-corrected chi connectivity index (χ1v) is 5.33. The van der Waals surface area contributed by atoms with Crippen LogP contribution in [0.1, 0.15) is 21.9 Å². The highest BCUT2D eigenvalue weighted by atomic mass is 19.4. The molecule has 0 N–H and O–H groups in total. The van der Waals surface area contributed by atoms with Gasteiger partial charge in [0.05, 0.1) is 0 Å². The second-order valence-electron chi connectivity index (χ2n) is 3.74. The Balaban J connectivity index is 1.98. The van der Waals surface area contributed by atoms with Crippen LogP contribution in [-0.2, 0) is 12.8 Å². The predicted octanol–water partition coefficient (Wildman–Crippen LogP) is 3.69. The molecule has 0 spiro atoms. The minimum atomic E-state index is -4.50. The van der Waals surface area contributed by atoms with E-state index in [1.165, 1.54) is 6.07 Å². The molecule has 1 aromatic heterocycles. The number of carbonyl (C=O) groups is 1. The van der Waals surface area contributed by atoms with Gasteiger partial charge in [-0.1, -0.05) is 0 Å². The van der Waals surface area contributed by atoms with Gasteiger partial charge in [0.25, 0.3) is 0 Å². The molecule has 0 bridgehead atoms. The fourth-order valence-corrected chi connectivity index (χ4v) is 1.40. The molecule has 0 saturated carbocycles. The molecule has 0 amide bonds. The summed E-state index contributed by atoms with van der Waals surface area (Å²) in [6, 6.07) is 8.27. The second kappa shape index (κ2) is 5.17. The van der Waals surface area contributed by atoms with E-state index in [4.69, 9.17) is 4.74 Å². The molecule has 1 aromatic carbocycles. The van der Waals surface area contributed by atoms with Crippen molar-refractivity contribution in [3.8, 4) is 5.75 Å². The lowest BCUT2D eigenvalue weighted by Crippen LogP contribution is -2.02. The number of hydrogen-bond acceptors (Lipinski definition) is 3. The fourth-order valence-electron chi connectivity index (χ4n) is 1.40. The van der Waals surface area contributed by atoms with Crippen molar-refractivity contribution in [1.82, 2.24) is 0 Å². The van der Waals surface area contributed by atoms with Crippen LogP contribution >= 0.6 is 0 Å². The Morgan fingerprint density at radius 2 is 1.79 bits per heavy atom. The first-order chi connectivity index (χ1) is 8.99. The molecule has 0 unspecified atom stereocenters. The normalized spacial score (nSPS) is 11.3. The van der Waals surface area contributed by atoms with Gasteiger partial charge >= 0.3 is 6.18 Å². The Bertz CT molecular complexity index is 555. The summed E-state index contributed by atoms with van der Waals surface area (Å²) in [6.07, 6.45) is -3.81. The molecular weight excluding hydrogens is 261 g/mol. The Labute approximate surface area is 106 Å². The van der Waals surface area contributed by atoms with Gasteiger partial charge in [0.15, 0.2) is 0 Å². The van der Waals surface area contributed by atoms with Gasteiger partial charge in [-0.2, -0.15) is 13.2 Å². The van der Waals surface area contributed by atoms with Gasteiger partial charge in [-0.15, -0.1) is 0 Å². The number of aldehydes is 1. The van der Waals surface area contributed by atoms with Gasteiger partial charge in [-0.05, 0) is 36.4 Å². The highest BCUT2D eigenvalue weighted by Crippen LogP contribution is 2.30. The Kier molecular flexibility index (Phi) is 3.59. The summed E-state index contributed by atoms with van der Waals surface area (Å²) in [6.45, 7) is -0.115. The number of hydrogen-bond donors (Lipinski definition) is 0. The zero-order valence-corrected chi connectivity index (χ0v) is 9.61. The van der Waals surface area contributed by atoms with Crippen LogP contribution in [0.15, 0.2) is 40.8 Å². The third-order valence-corrected chi connectivity index (χ3v) is 2.34. The van der Waals surface area contributed by atoms with Crippen LogP contribution in [0.4, 0.5) is 13.2 Å². The van der Waals surface area contributed by atoms with E-state index in [2.05, 4.69) is 4.42 Å². The van der Waals surface area contributed by atoms with Gasteiger partial charge in [0.2, 0.25) is 5.76 Å². The van der Waals surface area contributed by atoms with E-state index in [1.54, 1.807) is 24.3 Å². The molecule has 100 valence electrons. The van der Waals surface area contributed by atoms with Gasteiger partial charge in [0.1, 0.15) is 24.4 Å². The average molecular weight is 270 g/mol. The molecule has 2 aromatic rings. The summed E-state index contributed by atoms with van der Waals surface area (Å²) < 4.78 is 46.7. The van der Waals surface area contributed by atoms with Crippen LogP contribution in [0.25, 0.3) is 0 Å². The molecule has 2 rings (SSSR count). The summed E-state index contributed by atoms with van der Waals surface area (Å²) in [5, 5.41) is 0. The summed E-state index contributed by atoms with van der Waals surface area (Å²) in [5.41, 5.74) is 0.490. The minimum Gasteiger partial charge on any atom is -0.486 e. The Morgan fingerprint density at radius 1 is 1.11 bits per heavy atom. The largest absolute Gasteiger partial charge is 0.486 e. The van der Waals surface area contributed by atoms with Crippen molar-refractivity contribution in [3.05, 3.63) is 53.5 Å². The third-order valence-electron chi connectivity index (χ3n) is 2.34. The first kappa shape index (κ1) is 13.2. The molecule has 0 fully saturated rings. The lowest BCUT2D eigenvalue weighted by atomic mass is 10.2. The van der Waals surface area contributed by atoms with Crippen molar-refractivity contribution < 1.29 is 27.1 Å². The van der Waals surface area contributed by atoms with Crippen molar-refractivity contribution in [1.29, 1.82) is 0 Å². The zero-order chi connectivity index (χ0) is 13.9. The van der Waals surface area contributed by atoms with E-state index in [-0.39, 0.29) is 12.4 Å². The minimum absolute atomic E-state index is 0.0757. The molecule has 0 radical (unpaired) electrons. The number of carbonyl (C=O) groups excluding carboxylic acids is 1. The maximum absolute atomic E-state index is 12.3. The smallest absolute Gasteiger partial charge is 0.449 e. The molecule has 0 saturated heterocycles. The van der Waals surface area contributed by atoms with Crippen molar-refractivity contribution >= 4 is 6.29 Å². The van der Waals surface area contributed by atoms with Crippen LogP contribution in [-0.4, -0.2) is 6.29 Å². The summed E-state index contributed by atoms with van der Waals surface area (Å²) >= 11 is 0. The number of benzene rings is 1. The zero-order valence-electron chi connectivity index (χ0n) is 9.61. The van der Waals surface area contributed by atoms with Crippen molar-refractivity contribution in [2.24, 2.45) is 0 Å². The molecular formula is C13H9F3O3. The van der Waals surface area contributed by atoms with Crippen LogP contribution in [0.3, 0.4) is 0 Å². The Morgan fingerprint density at radius 3 is 2.32 bits per heavy atom. The van der Waals surface area contributed by atoms with Gasteiger partial charge in [0, 0.05) is 5.56 Å². The number of ether oxygens (including phenoxy) is 1. The first-order valence-electron chi connectivity index (χ1n) is 5.33. The molecule has 0 atom stereocenters. The molecule has 6 heteroatoms. The molecule has 0 aliphatic carbocycles. The molecule has 0 aliphatic heterocycles. The predicted molar refractivity (Wildman–Crippen MR) is 59.9 cm³/mol. The van der Waals surface area contributed by atoms with E-state index in [9.17, 15) is 18.0 Å².